The van der Waals surface area contributed by atoms with Gasteiger partial charge in [0.2, 0.25) is 0 Å². The van der Waals surface area contributed by atoms with Gasteiger partial charge in [-0.3, -0.25) is 0 Å². The molecule has 0 aliphatic carbocycles. The maximum absolute atomic E-state index is 11.1. The van der Waals surface area contributed by atoms with E-state index < -0.39 is 12.1 Å². The molecule has 0 saturated carbocycles. The molecule has 1 unspecified atom stereocenters. The summed E-state index contributed by atoms with van der Waals surface area (Å²) in [6.45, 7) is 4.38. The molecule has 0 fully saturated rings. The van der Waals surface area contributed by atoms with Crippen LogP contribution in [0.15, 0.2) is 0 Å². The molecule has 0 aliphatic heterocycles. The van der Waals surface area contributed by atoms with Gasteiger partial charge in [0, 0.05) is 13.5 Å². The Morgan fingerprint density at radius 3 is 2.70 bits per heavy atom. The molecule has 1 atom stereocenters. The zero-order chi connectivity index (χ0) is 15.1. The van der Waals surface area contributed by atoms with E-state index in [1.165, 1.54) is 11.8 Å². The quantitative estimate of drug-likeness (QED) is 0.655. The van der Waals surface area contributed by atoms with E-state index in [0.29, 0.717) is 18.7 Å². The van der Waals surface area contributed by atoms with Crippen LogP contribution in [0.4, 0.5) is 0 Å². The van der Waals surface area contributed by atoms with E-state index in [4.69, 9.17) is 14.6 Å². The third-order valence-electron chi connectivity index (χ3n) is 2.59. The molecule has 1 rings (SSSR count). The summed E-state index contributed by atoms with van der Waals surface area (Å²) in [5, 5.41) is 26.3. The van der Waals surface area contributed by atoms with Crippen LogP contribution >= 0.6 is 0 Å². The lowest BCUT2D eigenvalue weighted by Crippen LogP contribution is -2.25. The average Bonchev–Trinajstić information content (AvgIpc) is 2.77. The molecule has 0 aromatic carbocycles. The van der Waals surface area contributed by atoms with Crippen LogP contribution in [-0.2, 0) is 22.4 Å². The molecule has 2 N–H and O–H groups in total. The summed E-state index contributed by atoms with van der Waals surface area (Å²) in [4.78, 5) is 11.1. The normalized spacial score (nSPS) is 12.8. The number of hydrogen-bond acceptors (Lipinski definition) is 6. The van der Waals surface area contributed by atoms with E-state index in [9.17, 15) is 9.90 Å². The van der Waals surface area contributed by atoms with Crippen molar-refractivity contribution in [2.45, 2.75) is 39.0 Å². The van der Waals surface area contributed by atoms with Gasteiger partial charge in [0.1, 0.15) is 0 Å². The van der Waals surface area contributed by atoms with E-state index in [0.717, 1.165) is 0 Å². The SMILES string of the molecule is COCCc1c(C(=O)O)nnn1CC(O)COC(C)C. The van der Waals surface area contributed by atoms with Gasteiger partial charge in [-0.05, 0) is 13.8 Å². The zero-order valence-corrected chi connectivity index (χ0v) is 11.9. The Hall–Kier alpha value is -1.51. The fourth-order valence-electron chi connectivity index (χ4n) is 1.65. The van der Waals surface area contributed by atoms with Gasteiger partial charge in [0.25, 0.3) is 0 Å². The van der Waals surface area contributed by atoms with Gasteiger partial charge in [-0.25, -0.2) is 9.48 Å². The molecule has 0 amide bonds. The first kappa shape index (κ1) is 16.5. The number of rotatable bonds is 9. The van der Waals surface area contributed by atoms with Crippen LogP contribution in [0.3, 0.4) is 0 Å². The Labute approximate surface area is 117 Å². The molecule has 0 spiro atoms. The Morgan fingerprint density at radius 2 is 2.15 bits per heavy atom. The lowest BCUT2D eigenvalue weighted by molar-refractivity contribution is -0.00260. The number of methoxy groups -OCH3 is 1. The standard InChI is InChI=1S/C12H21N3O5/c1-8(2)20-7-9(16)6-15-10(4-5-19-3)11(12(17)18)13-14-15/h8-9,16H,4-7H2,1-3H3,(H,17,18). The first-order chi connectivity index (χ1) is 9.45. The van der Waals surface area contributed by atoms with Gasteiger partial charge < -0.3 is 19.7 Å². The molecule has 0 saturated heterocycles. The fraction of sp³-hybridized carbons (Fsp3) is 0.750. The van der Waals surface area contributed by atoms with Crippen molar-refractivity contribution in [2.75, 3.05) is 20.3 Å². The van der Waals surface area contributed by atoms with E-state index in [1.807, 2.05) is 13.8 Å². The summed E-state index contributed by atoms with van der Waals surface area (Å²) < 4.78 is 11.6. The molecule has 1 heterocycles. The highest BCUT2D eigenvalue weighted by Crippen LogP contribution is 2.08. The molecule has 1 aromatic heterocycles. The van der Waals surface area contributed by atoms with E-state index >= 15 is 0 Å². The number of nitrogens with zero attached hydrogens (tertiary/aromatic N) is 3. The molecule has 0 radical (unpaired) electrons. The van der Waals surface area contributed by atoms with Gasteiger partial charge in [0.05, 0.1) is 37.7 Å². The monoisotopic (exact) mass is 287 g/mol. The lowest BCUT2D eigenvalue weighted by Gasteiger charge is -2.14. The Bertz CT molecular complexity index is 433. The van der Waals surface area contributed by atoms with Crippen molar-refractivity contribution in [3.63, 3.8) is 0 Å². The van der Waals surface area contributed by atoms with Crippen molar-refractivity contribution in [3.8, 4) is 0 Å². The van der Waals surface area contributed by atoms with E-state index in [1.54, 1.807) is 0 Å². The third kappa shape index (κ3) is 4.87. The smallest absolute Gasteiger partial charge is 0.358 e. The lowest BCUT2D eigenvalue weighted by atomic mass is 10.2. The van der Waals surface area contributed by atoms with Crippen LogP contribution in [0.25, 0.3) is 0 Å². The van der Waals surface area contributed by atoms with Crippen molar-refractivity contribution in [2.24, 2.45) is 0 Å². The van der Waals surface area contributed by atoms with Crippen molar-refractivity contribution in [1.29, 1.82) is 0 Å². The maximum Gasteiger partial charge on any atom is 0.358 e. The average molecular weight is 287 g/mol. The van der Waals surface area contributed by atoms with Crippen molar-refractivity contribution >= 4 is 5.97 Å². The molecule has 1 aromatic rings. The third-order valence-corrected chi connectivity index (χ3v) is 2.59. The van der Waals surface area contributed by atoms with Gasteiger partial charge in [-0.2, -0.15) is 0 Å². The molecule has 0 bridgehead atoms. The van der Waals surface area contributed by atoms with Crippen LogP contribution in [0, 0.1) is 0 Å². The second kappa shape index (κ2) is 7.93. The molecular formula is C12H21N3O5. The molecule has 8 nitrogen and oxygen atoms in total. The molecular weight excluding hydrogens is 266 g/mol. The van der Waals surface area contributed by atoms with Gasteiger partial charge in [-0.15, -0.1) is 5.10 Å². The summed E-state index contributed by atoms with van der Waals surface area (Å²) in [6, 6.07) is 0. The fourth-order valence-corrected chi connectivity index (χ4v) is 1.65. The summed E-state index contributed by atoms with van der Waals surface area (Å²) in [7, 11) is 1.53. The Balaban J connectivity index is 2.75. The summed E-state index contributed by atoms with van der Waals surface area (Å²) in [5.41, 5.74) is 0.321. The molecule has 8 heteroatoms. The molecule has 114 valence electrons. The highest BCUT2D eigenvalue weighted by molar-refractivity contribution is 5.86. The zero-order valence-electron chi connectivity index (χ0n) is 11.9. The van der Waals surface area contributed by atoms with Crippen molar-refractivity contribution < 1.29 is 24.5 Å². The minimum Gasteiger partial charge on any atom is -0.476 e. The van der Waals surface area contributed by atoms with E-state index in [-0.39, 0.29) is 24.9 Å². The van der Waals surface area contributed by atoms with Crippen LogP contribution in [0.5, 0.6) is 0 Å². The number of hydrogen-bond donors (Lipinski definition) is 2. The van der Waals surface area contributed by atoms with Crippen molar-refractivity contribution in [3.05, 3.63) is 11.4 Å². The minimum atomic E-state index is -1.14. The second-order valence-corrected chi connectivity index (χ2v) is 4.65. The predicted molar refractivity (Wildman–Crippen MR) is 69.7 cm³/mol. The predicted octanol–water partition coefficient (Wildman–Crippen LogP) is -0.0489. The first-order valence-electron chi connectivity index (χ1n) is 6.40. The highest BCUT2D eigenvalue weighted by Gasteiger charge is 2.20. The first-order valence-corrected chi connectivity index (χ1v) is 6.40. The van der Waals surface area contributed by atoms with Crippen molar-refractivity contribution in [1.82, 2.24) is 15.0 Å². The molecule has 20 heavy (non-hydrogen) atoms. The number of aromatic nitrogens is 3. The number of carboxylic acid groups (broad SMARTS) is 1. The number of carbonyl (C=O) groups is 1. The van der Waals surface area contributed by atoms with Crippen LogP contribution in [0.1, 0.15) is 30.0 Å². The Kier molecular flexibility index (Phi) is 6.56. The maximum atomic E-state index is 11.1. The van der Waals surface area contributed by atoms with Crippen LogP contribution in [0.2, 0.25) is 0 Å². The number of ether oxygens (including phenoxy) is 2. The summed E-state index contributed by atoms with van der Waals surface area (Å²) in [6.07, 6.45) is -0.395. The number of aliphatic hydroxyl groups excluding tert-OH is 1. The largest absolute Gasteiger partial charge is 0.476 e. The van der Waals surface area contributed by atoms with Gasteiger partial charge >= 0.3 is 5.97 Å². The van der Waals surface area contributed by atoms with Gasteiger partial charge in [-0.1, -0.05) is 5.21 Å². The number of aliphatic hydroxyl groups is 1. The summed E-state index contributed by atoms with van der Waals surface area (Å²) in [5.74, 6) is -1.14. The molecule has 0 aliphatic rings. The Morgan fingerprint density at radius 1 is 1.45 bits per heavy atom. The summed E-state index contributed by atoms with van der Waals surface area (Å²) >= 11 is 0. The number of aromatic carboxylic acids is 1. The van der Waals surface area contributed by atoms with Gasteiger partial charge in [0.15, 0.2) is 5.69 Å². The van der Waals surface area contributed by atoms with E-state index in [2.05, 4.69) is 10.3 Å². The topological polar surface area (TPSA) is 107 Å². The second-order valence-electron chi connectivity index (χ2n) is 4.65. The van der Waals surface area contributed by atoms with Crippen LogP contribution in [-0.4, -0.2) is 63.7 Å². The van der Waals surface area contributed by atoms with Crippen LogP contribution < -0.4 is 0 Å². The minimum absolute atomic E-state index is 0.0166. The highest BCUT2D eigenvalue weighted by atomic mass is 16.5. The number of carboxylic acids is 1.